The van der Waals surface area contributed by atoms with E-state index in [-0.39, 0.29) is 5.91 Å². The second kappa shape index (κ2) is 5.95. The Kier molecular flexibility index (Phi) is 3.84. The number of rotatable bonds is 4. The highest BCUT2D eigenvalue weighted by molar-refractivity contribution is 5.94. The predicted octanol–water partition coefficient (Wildman–Crippen LogP) is 1.36. The van der Waals surface area contributed by atoms with E-state index in [0.717, 1.165) is 22.3 Å². The highest BCUT2D eigenvalue weighted by Gasteiger charge is 2.09. The van der Waals surface area contributed by atoms with Crippen LogP contribution in [-0.4, -0.2) is 20.4 Å². The molecule has 3 aromatic heterocycles. The summed E-state index contributed by atoms with van der Waals surface area (Å²) >= 11 is 0. The molecule has 6 nitrogen and oxygen atoms in total. The minimum absolute atomic E-state index is 0.219. The fourth-order valence-corrected chi connectivity index (χ4v) is 2.27. The third-order valence-corrected chi connectivity index (χ3v) is 3.50. The van der Waals surface area contributed by atoms with Crippen LogP contribution in [0.15, 0.2) is 42.7 Å². The van der Waals surface area contributed by atoms with Crippen molar-refractivity contribution in [2.75, 3.05) is 0 Å². The van der Waals surface area contributed by atoms with Gasteiger partial charge in [-0.15, -0.1) is 0 Å². The van der Waals surface area contributed by atoms with Crippen molar-refractivity contribution in [3.63, 3.8) is 0 Å². The number of fused-ring (bicyclic) bond motifs is 1. The summed E-state index contributed by atoms with van der Waals surface area (Å²) < 4.78 is 1.89. The van der Waals surface area contributed by atoms with Gasteiger partial charge in [-0.05, 0) is 35.9 Å². The minimum Gasteiger partial charge on any atom is -0.345 e. The van der Waals surface area contributed by atoms with E-state index in [1.807, 2.05) is 42.1 Å². The Morgan fingerprint density at radius 3 is 3.00 bits per heavy atom. The quantitative estimate of drug-likeness (QED) is 0.761. The SMILES string of the molecule is Cn1ccc2ccc(C(=O)NCc3cc(CN)ccn3)nc21. The van der Waals surface area contributed by atoms with E-state index in [2.05, 4.69) is 15.3 Å². The molecule has 0 fully saturated rings. The topological polar surface area (TPSA) is 85.8 Å². The number of aromatic nitrogens is 3. The molecule has 22 heavy (non-hydrogen) atoms. The average molecular weight is 295 g/mol. The summed E-state index contributed by atoms with van der Waals surface area (Å²) in [5.41, 5.74) is 8.54. The average Bonchev–Trinajstić information content (AvgIpc) is 2.93. The lowest BCUT2D eigenvalue weighted by Crippen LogP contribution is -2.24. The van der Waals surface area contributed by atoms with Crippen LogP contribution in [0.3, 0.4) is 0 Å². The smallest absolute Gasteiger partial charge is 0.270 e. The number of carbonyl (C=O) groups is 1. The minimum atomic E-state index is -0.219. The highest BCUT2D eigenvalue weighted by Crippen LogP contribution is 2.13. The van der Waals surface area contributed by atoms with Gasteiger partial charge in [0.25, 0.3) is 5.91 Å². The van der Waals surface area contributed by atoms with Gasteiger partial charge in [0.1, 0.15) is 11.3 Å². The summed E-state index contributed by atoms with van der Waals surface area (Å²) in [4.78, 5) is 20.8. The van der Waals surface area contributed by atoms with Crippen molar-refractivity contribution < 1.29 is 4.79 Å². The molecule has 0 atom stereocenters. The Morgan fingerprint density at radius 2 is 2.18 bits per heavy atom. The van der Waals surface area contributed by atoms with Crippen LogP contribution in [0.4, 0.5) is 0 Å². The zero-order chi connectivity index (χ0) is 15.5. The van der Waals surface area contributed by atoms with Gasteiger partial charge in [0.05, 0.1) is 12.2 Å². The highest BCUT2D eigenvalue weighted by atomic mass is 16.1. The molecule has 0 saturated heterocycles. The van der Waals surface area contributed by atoms with Crippen molar-refractivity contribution in [2.24, 2.45) is 12.8 Å². The number of amides is 1. The molecule has 6 heteroatoms. The van der Waals surface area contributed by atoms with Crippen molar-refractivity contribution in [3.8, 4) is 0 Å². The zero-order valence-electron chi connectivity index (χ0n) is 12.3. The van der Waals surface area contributed by atoms with Crippen LogP contribution in [0.5, 0.6) is 0 Å². The van der Waals surface area contributed by atoms with Crippen molar-refractivity contribution in [1.29, 1.82) is 0 Å². The number of hydrogen-bond acceptors (Lipinski definition) is 4. The van der Waals surface area contributed by atoms with Crippen LogP contribution >= 0.6 is 0 Å². The summed E-state index contributed by atoms with van der Waals surface area (Å²) in [6.07, 6.45) is 3.61. The van der Waals surface area contributed by atoms with Gasteiger partial charge in [0.15, 0.2) is 0 Å². The van der Waals surface area contributed by atoms with Crippen molar-refractivity contribution in [3.05, 3.63) is 59.7 Å². The van der Waals surface area contributed by atoms with E-state index < -0.39 is 0 Å². The fraction of sp³-hybridized carbons (Fsp3) is 0.188. The summed E-state index contributed by atoms with van der Waals surface area (Å²) in [7, 11) is 1.90. The lowest BCUT2D eigenvalue weighted by atomic mass is 10.2. The zero-order valence-corrected chi connectivity index (χ0v) is 12.3. The third kappa shape index (κ3) is 2.82. The molecule has 0 aromatic carbocycles. The lowest BCUT2D eigenvalue weighted by Gasteiger charge is -2.06. The van der Waals surface area contributed by atoms with E-state index in [1.165, 1.54) is 0 Å². The molecule has 0 radical (unpaired) electrons. The van der Waals surface area contributed by atoms with Crippen molar-refractivity contribution in [1.82, 2.24) is 19.9 Å². The Labute approximate surface area is 128 Å². The van der Waals surface area contributed by atoms with Crippen molar-refractivity contribution in [2.45, 2.75) is 13.1 Å². The number of hydrogen-bond donors (Lipinski definition) is 2. The number of nitrogens with two attached hydrogens (primary N) is 1. The normalized spacial score (nSPS) is 10.8. The van der Waals surface area contributed by atoms with Gasteiger partial charge in [-0.1, -0.05) is 0 Å². The van der Waals surface area contributed by atoms with Crippen molar-refractivity contribution >= 4 is 16.9 Å². The maximum atomic E-state index is 12.2. The molecule has 0 bridgehead atoms. The molecule has 3 aromatic rings. The molecular weight excluding hydrogens is 278 g/mol. The number of pyridine rings is 2. The standard InChI is InChI=1S/C16H17N5O/c1-21-7-5-12-2-3-14(20-15(12)21)16(22)19-10-13-8-11(9-17)4-6-18-13/h2-8H,9-10,17H2,1H3,(H,19,22). The maximum absolute atomic E-state index is 12.2. The fourth-order valence-electron chi connectivity index (χ4n) is 2.27. The first kappa shape index (κ1) is 14.2. The molecule has 1 amide bonds. The van der Waals surface area contributed by atoms with E-state index in [1.54, 1.807) is 12.3 Å². The van der Waals surface area contributed by atoms with Gasteiger partial charge >= 0.3 is 0 Å². The Balaban J connectivity index is 1.73. The van der Waals surface area contributed by atoms with Crippen LogP contribution in [0.1, 0.15) is 21.7 Å². The summed E-state index contributed by atoms with van der Waals surface area (Å²) in [6.45, 7) is 0.800. The number of nitrogens with zero attached hydrogens (tertiary/aromatic N) is 3. The van der Waals surface area contributed by atoms with Crippen LogP contribution in [0.2, 0.25) is 0 Å². The molecule has 0 saturated carbocycles. The largest absolute Gasteiger partial charge is 0.345 e. The van der Waals surface area contributed by atoms with Gasteiger partial charge in [-0.2, -0.15) is 0 Å². The Hall–Kier alpha value is -2.73. The van der Waals surface area contributed by atoms with Gasteiger partial charge in [-0.25, -0.2) is 4.98 Å². The van der Waals surface area contributed by atoms with Gasteiger partial charge in [0.2, 0.25) is 0 Å². The van der Waals surface area contributed by atoms with Crippen LogP contribution < -0.4 is 11.1 Å². The first-order valence-corrected chi connectivity index (χ1v) is 7.01. The summed E-state index contributed by atoms with van der Waals surface area (Å²) in [6, 6.07) is 9.32. The molecule has 0 aliphatic carbocycles. The van der Waals surface area contributed by atoms with E-state index >= 15 is 0 Å². The second-order valence-corrected chi connectivity index (χ2v) is 5.08. The molecule has 0 spiro atoms. The number of carbonyl (C=O) groups excluding carboxylic acids is 1. The monoisotopic (exact) mass is 295 g/mol. The van der Waals surface area contributed by atoms with Crippen LogP contribution in [0.25, 0.3) is 11.0 Å². The van der Waals surface area contributed by atoms with E-state index in [0.29, 0.717) is 18.8 Å². The van der Waals surface area contributed by atoms with Crippen LogP contribution in [-0.2, 0) is 20.1 Å². The lowest BCUT2D eigenvalue weighted by molar-refractivity contribution is 0.0945. The molecule has 0 unspecified atom stereocenters. The summed E-state index contributed by atoms with van der Waals surface area (Å²) in [5.74, 6) is -0.219. The van der Waals surface area contributed by atoms with Crippen LogP contribution in [0, 0.1) is 0 Å². The van der Waals surface area contributed by atoms with E-state index in [4.69, 9.17) is 5.73 Å². The molecular formula is C16H17N5O. The first-order chi connectivity index (χ1) is 10.7. The maximum Gasteiger partial charge on any atom is 0.270 e. The predicted molar refractivity (Wildman–Crippen MR) is 84.0 cm³/mol. The molecule has 112 valence electrons. The van der Waals surface area contributed by atoms with Gasteiger partial charge in [0, 0.05) is 31.4 Å². The Bertz CT molecular complexity index is 824. The molecule has 0 aliphatic heterocycles. The molecule has 3 rings (SSSR count). The molecule has 3 heterocycles. The first-order valence-electron chi connectivity index (χ1n) is 7.01. The molecule has 0 aliphatic rings. The van der Waals surface area contributed by atoms with Gasteiger partial charge < -0.3 is 15.6 Å². The number of nitrogens with one attached hydrogen (secondary N) is 1. The van der Waals surface area contributed by atoms with Gasteiger partial charge in [-0.3, -0.25) is 9.78 Å². The third-order valence-electron chi connectivity index (χ3n) is 3.50. The number of aryl methyl sites for hydroxylation is 1. The van der Waals surface area contributed by atoms with E-state index in [9.17, 15) is 4.79 Å². The Morgan fingerprint density at radius 1 is 1.32 bits per heavy atom. The molecule has 3 N–H and O–H groups in total. The second-order valence-electron chi connectivity index (χ2n) is 5.08. The summed E-state index contributed by atoms with van der Waals surface area (Å²) in [5, 5.41) is 3.84.